The molecule has 0 radical (unpaired) electrons. The number of nitrogen functional groups attached to an aromatic ring is 1. The van der Waals surface area contributed by atoms with E-state index in [1.807, 2.05) is 19.2 Å². The Morgan fingerprint density at radius 1 is 1.38 bits per heavy atom. The normalized spacial score (nSPS) is 10.2. The van der Waals surface area contributed by atoms with Crippen LogP contribution in [0.2, 0.25) is 0 Å². The van der Waals surface area contributed by atoms with Crippen molar-refractivity contribution in [2.75, 3.05) is 5.73 Å². The number of rotatable bonds is 1. The molecule has 0 aliphatic carbocycles. The summed E-state index contributed by atoms with van der Waals surface area (Å²) in [6.07, 6.45) is 5.27. The Bertz CT molecular complexity index is 422. The number of hydrogen-bond donors (Lipinski definition) is 1. The van der Waals surface area contributed by atoms with Gasteiger partial charge >= 0.3 is 0 Å². The van der Waals surface area contributed by atoms with Crippen molar-refractivity contribution in [2.24, 2.45) is 0 Å². The van der Waals surface area contributed by atoms with Gasteiger partial charge in [-0.15, -0.1) is 0 Å². The number of aromatic nitrogens is 2. The molecule has 0 spiro atoms. The molecule has 0 aliphatic heterocycles. The lowest BCUT2D eigenvalue weighted by molar-refractivity contribution is 1.29. The topological polar surface area (TPSA) is 51.8 Å². The number of nitrogens with two attached hydrogens (primary N) is 1. The van der Waals surface area contributed by atoms with Crippen LogP contribution in [-0.2, 0) is 0 Å². The van der Waals surface area contributed by atoms with Crippen LogP contribution in [-0.4, -0.2) is 9.36 Å². The average molecular weight is 191 g/mol. The minimum Gasteiger partial charge on any atom is -0.396 e. The third-order valence-electron chi connectivity index (χ3n) is 1.88. The van der Waals surface area contributed by atoms with E-state index in [9.17, 15) is 0 Å². The fourth-order valence-corrected chi connectivity index (χ4v) is 1.90. The van der Waals surface area contributed by atoms with E-state index in [2.05, 4.69) is 9.36 Å². The Kier molecular flexibility index (Phi) is 1.98. The lowest BCUT2D eigenvalue weighted by atomic mass is 10.1. The molecule has 2 aromatic rings. The summed E-state index contributed by atoms with van der Waals surface area (Å²) in [6, 6.07) is 1.97. The summed E-state index contributed by atoms with van der Waals surface area (Å²) in [5.41, 5.74) is 8.73. The molecule has 0 aliphatic rings. The molecule has 0 aromatic carbocycles. The van der Waals surface area contributed by atoms with Gasteiger partial charge in [-0.05, 0) is 30.1 Å². The first kappa shape index (κ1) is 8.19. The van der Waals surface area contributed by atoms with Crippen molar-refractivity contribution in [2.45, 2.75) is 6.92 Å². The Labute approximate surface area is 80.4 Å². The Morgan fingerprint density at radius 2 is 2.23 bits per heavy atom. The van der Waals surface area contributed by atoms with Crippen molar-refractivity contribution in [3.63, 3.8) is 0 Å². The van der Waals surface area contributed by atoms with Crippen LogP contribution < -0.4 is 5.73 Å². The van der Waals surface area contributed by atoms with Gasteiger partial charge in [0, 0.05) is 18.0 Å². The molecular formula is C9H9N3S. The summed E-state index contributed by atoms with van der Waals surface area (Å²) in [7, 11) is 0. The molecule has 2 heterocycles. The first-order chi connectivity index (χ1) is 6.29. The van der Waals surface area contributed by atoms with Crippen molar-refractivity contribution < 1.29 is 0 Å². The predicted molar refractivity (Wildman–Crippen MR) is 54.5 cm³/mol. The maximum atomic E-state index is 5.76. The van der Waals surface area contributed by atoms with Crippen LogP contribution in [0.3, 0.4) is 0 Å². The maximum absolute atomic E-state index is 5.76. The fourth-order valence-electron chi connectivity index (χ4n) is 1.15. The Balaban J connectivity index is 2.59. The summed E-state index contributed by atoms with van der Waals surface area (Å²) < 4.78 is 4.03. The van der Waals surface area contributed by atoms with Crippen molar-refractivity contribution in [3.8, 4) is 10.4 Å². The minimum atomic E-state index is 0.723. The van der Waals surface area contributed by atoms with E-state index in [1.165, 1.54) is 17.1 Å². The van der Waals surface area contributed by atoms with Gasteiger partial charge in [0.2, 0.25) is 0 Å². The Hall–Kier alpha value is -1.42. The van der Waals surface area contributed by atoms with Crippen molar-refractivity contribution >= 4 is 17.2 Å². The van der Waals surface area contributed by atoms with Crippen LogP contribution >= 0.6 is 11.5 Å². The number of nitrogens with zero attached hydrogens (tertiary/aromatic N) is 2. The molecule has 0 saturated heterocycles. The van der Waals surface area contributed by atoms with Crippen LogP contribution in [0.15, 0.2) is 24.7 Å². The zero-order valence-corrected chi connectivity index (χ0v) is 8.01. The van der Waals surface area contributed by atoms with E-state index in [-0.39, 0.29) is 0 Å². The van der Waals surface area contributed by atoms with Gasteiger partial charge in [-0.3, -0.25) is 4.98 Å². The van der Waals surface area contributed by atoms with Gasteiger partial charge < -0.3 is 5.73 Å². The minimum absolute atomic E-state index is 0.723. The van der Waals surface area contributed by atoms with E-state index in [4.69, 9.17) is 5.73 Å². The van der Waals surface area contributed by atoms with Crippen molar-refractivity contribution in [1.29, 1.82) is 0 Å². The highest BCUT2D eigenvalue weighted by atomic mass is 32.1. The first-order valence-electron chi connectivity index (χ1n) is 3.90. The van der Waals surface area contributed by atoms with Crippen LogP contribution in [0.5, 0.6) is 0 Å². The number of pyridine rings is 1. The second-order valence-corrected chi connectivity index (χ2v) is 3.60. The molecule has 3 nitrogen and oxygen atoms in total. The highest BCUT2D eigenvalue weighted by Gasteiger charge is 2.07. The molecule has 2 N–H and O–H groups in total. The zero-order valence-electron chi connectivity index (χ0n) is 7.19. The summed E-state index contributed by atoms with van der Waals surface area (Å²) in [4.78, 5) is 5.07. The van der Waals surface area contributed by atoms with Gasteiger partial charge in [-0.25, -0.2) is 0 Å². The average Bonchev–Trinajstić information content (AvgIpc) is 2.52. The van der Waals surface area contributed by atoms with Gasteiger partial charge in [0.1, 0.15) is 0 Å². The summed E-state index contributed by atoms with van der Waals surface area (Å²) in [5, 5.41) is 0. The van der Waals surface area contributed by atoms with Gasteiger partial charge in [0.25, 0.3) is 0 Å². The fraction of sp³-hybridized carbons (Fsp3) is 0.111. The van der Waals surface area contributed by atoms with Crippen LogP contribution in [0.4, 0.5) is 5.69 Å². The third kappa shape index (κ3) is 1.40. The smallest absolute Gasteiger partial charge is 0.0797 e. The molecule has 0 saturated carbocycles. The maximum Gasteiger partial charge on any atom is 0.0797 e. The highest BCUT2D eigenvalue weighted by Crippen LogP contribution is 2.30. The van der Waals surface area contributed by atoms with E-state index in [0.29, 0.717) is 0 Å². The largest absolute Gasteiger partial charge is 0.396 e. The summed E-state index contributed by atoms with van der Waals surface area (Å²) in [6.45, 7) is 2.04. The van der Waals surface area contributed by atoms with E-state index < -0.39 is 0 Å². The van der Waals surface area contributed by atoms with Crippen molar-refractivity contribution in [1.82, 2.24) is 9.36 Å². The molecular weight excluding hydrogens is 182 g/mol. The molecule has 2 rings (SSSR count). The molecule has 13 heavy (non-hydrogen) atoms. The molecule has 0 fully saturated rings. The molecule has 2 aromatic heterocycles. The number of hydrogen-bond acceptors (Lipinski definition) is 4. The van der Waals surface area contributed by atoms with Crippen LogP contribution in [0.25, 0.3) is 10.4 Å². The monoisotopic (exact) mass is 191 g/mol. The quantitative estimate of drug-likeness (QED) is 0.751. The molecule has 0 amide bonds. The lowest BCUT2D eigenvalue weighted by Crippen LogP contribution is -1.87. The van der Waals surface area contributed by atoms with Gasteiger partial charge in [-0.1, -0.05) is 0 Å². The SMILES string of the molecule is Cc1ccncc1-c1sncc1N. The first-order valence-corrected chi connectivity index (χ1v) is 4.67. The predicted octanol–water partition coefficient (Wildman–Crippen LogP) is 2.10. The number of aryl methyl sites for hydroxylation is 1. The van der Waals surface area contributed by atoms with Gasteiger partial charge in [-0.2, -0.15) is 4.37 Å². The van der Waals surface area contributed by atoms with Crippen LogP contribution in [0, 0.1) is 6.92 Å². The third-order valence-corrected chi connectivity index (χ3v) is 2.73. The second kappa shape index (κ2) is 3.14. The second-order valence-electron chi connectivity index (χ2n) is 2.80. The van der Waals surface area contributed by atoms with Gasteiger partial charge in [0.05, 0.1) is 16.8 Å². The highest BCUT2D eigenvalue weighted by molar-refractivity contribution is 7.10. The molecule has 66 valence electrons. The standard InChI is InChI=1S/C9H9N3S/c1-6-2-3-11-4-7(6)9-8(10)5-12-13-9/h2-5H,10H2,1H3. The van der Waals surface area contributed by atoms with Crippen LogP contribution in [0.1, 0.15) is 5.56 Å². The van der Waals surface area contributed by atoms with E-state index in [1.54, 1.807) is 12.4 Å². The van der Waals surface area contributed by atoms with E-state index >= 15 is 0 Å². The molecule has 0 atom stereocenters. The van der Waals surface area contributed by atoms with Gasteiger partial charge in [0.15, 0.2) is 0 Å². The molecule has 0 unspecified atom stereocenters. The zero-order chi connectivity index (χ0) is 9.26. The Morgan fingerprint density at radius 3 is 2.85 bits per heavy atom. The summed E-state index contributed by atoms with van der Waals surface area (Å²) in [5.74, 6) is 0. The summed E-state index contributed by atoms with van der Waals surface area (Å²) >= 11 is 1.40. The number of anilines is 1. The van der Waals surface area contributed by atoms with E-state index in [0.717, 1.165) is 16.1 Å². The molecule has 4 heteroatoms. The van der Waals surface area contributed by atoms with Crippen molar-refractivity contribution in [3.05, 3.63) is 30.2 Å². The lowest BCUT2D eigenvalue weighted by Gasteiger charge is -2.01. The molecule has 0 bridgehead atoms.